The van der Waals surface area contributed by atoms with Crippen LogP contribution in [0.2, 0.25) is 0 Å². The summed E-state index contributed by atoms with van der Waals surface area (Å²) in [6.07, 6.45) is 47.2. The number of hydrogen-bond acceptors (Lipinski definition) is 8. The molecule has 0 radical (unpaired) electrons. The van der Waals surface area contributed by atoms with Crippen LogP contribution in [0.25, 0.3) is 0 Å². The number of rotatable bonds is 57. The molecule has 76 heavy (non-hydrogen) atoms. The summed E-state index contributed by atoms with van der Waals surface area (Å²) < 4.78 is 25.8. The van der Waals surface area contributed by atoms with Crippen molar-refractivity contribution in [2.24, 2.45) is 0 Å². The van der Waals surface area contributed by atoms with E-state index in [9.17, 15) is 28.6 Å². The first-order chi connectivity index (χ1) is 36.7. The van der Waals surface area contributed by atoms with Crippen molar-refractivity contribution in [1.29, 1.82) is 0 Å². The molecule has 0 aliphatic rings. The number of imide groups is 2. The maximum Gasteiger partial charge on any atom is 0.270 e. The Morgan fingerprint density at radius 3 is 0.816 bits per heavy atom. The molecule has 0 aromatic rings. The first-order valence-corrected chi connectivity index (χ1v) is 34.3. The van der Waals surface area contributed by atoms with Crippen molar-refractivity contribution in [3.8, 4) is 0 Å². The van der Waals surface area contributed by atoms with E-state index in [1.165, 1.54) is 167 Å². The average molecular weight is 1100 g/mol. The maximum atomic E-state index is 14.7. The van der Waals surface area contributed by atoms with E-state index in [-0.39, 0.29) is 32.3 Å². The van der Waals surface area contributed by atoms with Crippen LogP contribution in [-0.4, -0.2) is 84.5 Å². The van der Waals surface area contributed by atoms with Gasteiger partial charge in [0.1, 0.15) is 13.2 Å². The first-order valence-electron chi connectivity index (χ1n) is 32.8. The minimum absolute atomic E-state index is 0.0263. The lowest BCUT2D eigenvalue weighted by Gasteiger charge is -2.41. The second-order valence-corrected chi connectivity index (χ2v) is 25.4. The van der Waals surface area contributed by atoms with Gasteiger partial charge < -0.3 is 13.9 Å². The molecule has 0 heterocycles. The molecule has 3 unspecified atom stereocenters. The van der Waals surface area contributed by atoms with E-state index in [1.807, 2.05) is 21.1 Å². The Kier molecular flexibility index (Phi) is 50.4. The third-order valence-corrected chi connectivity index (χ3v) is 16.3. The topological polar surface area (TPSA) is 133 Å². The van der Waals surface area contributed by atoms with Crippen molar-refractivity contribution in [3.05, 3.63) is 0 Å². The highest BCUT2D eigenvalue weighted by Gasteiger charge is 2.42. The van der Waals surface area contributed by atoms with E-state index in [0.717, 1.165) is 99.7 Å². The van der Waals surface area contributed by atoms with Crippen LogP contribution in [0.1, 0.15) is 343 Å². The van der Waals surface area contributed by atoms with Crippen LogP contribution in [0, 0.1) is 0 Å². The number of nitrogens with zero attached hydrogens (tertiary/aromatic N) is 3. The zero-order chi connectivity index (χ0) is 56.4. The predicted molar refractivity (Wildman–Crippen MR) is 319 cm³/mol. The molecule has 0 aromatic carbocycles. The van der Waals surface area contributed by atoms with Gasteiger partial charge in [0, 0.05) is 25.7 Å². The number of quaternary nitrogens is 1. The molecule has 4 amide bonds. The highest BCUT2D eigenvalue weighted by molar-refractivity contribution is 7.45. The Hall–Kier alpha value is -1.65. The van der Waals surface area contributed by atoms with E-state index >= 15 is 0 Å². The van der Waals surface area contributed by atoms with Crippen LogP contribution in [0.4, 0.5) is 0 Å². The van der Waals surface area contributed by atoms with Gasteiger partial charge in [-0.2, -0.15) is 0 Å². The summed E-state index contributed by atoms with van der Waals surface area (Å²) in [5.74, 6) is -1.93. The number of phosphoric ester groups is 1. The lowest BCUT2D eigenvalue weighted by Crippen LogP contribution is -2.58. The smallest absolute Gasteiger partial charge is 0.270 e. The van der Waals surface area contributed by atoms with E-state index in [1.54, 1.807) is 6.92 Å². The van der Waals surface area contributed by atoms with Crippen LogP contribution in [0.15, 0.2) is 0 Å². The molecule has 0 bridgehead atoms. The average Bonchev–Trinajstić information content (AvgIpc) is 3.37. The molecular weight excluding hydrogens is 970 g/mol. The van der Waals surface area contributed by atoms with E-state index in [4.69, 9.17) is 9.05 Å². The normalized spacial score (nSPS) is 13.4. The summed E-state index contributed by atoms with van der Waals surface area (Å²) in [7, 11) is 0.585. The van der Waals surface area contributed by atoms with Crippen LogP contribution >= 0.6 is 7.82 Å². The molecule has 3 atom stereocenters. The highest BCUT2D eigenvalue weighted by atomic mass is 31.2. The van der Waals surface area contributed by atoms with Gasteiger partial charge in [0.2, 0.25) is 23.6 Å². The Morgan fingerprint density at radius 2 is 0.592 bits per heavy atom. The molecule has 11 nitrogen and oxygen atoms in total. The molecule has 450 valence electrons. The summed E-state index contributed by atoms with van der Waals surface area (Å²) in [6.45, 7) is 10.7. The van der Waals surface area contributed by atoms with Crippen LogP contribution in [-0.2, 0) is 32.8 Å². The lowest BCUT2D eigenvalue weighted by molar-refractivity contribution is -0.870. The zero-order valence-electron chi connectivity index (χ0n) is 51.6. The summed E-state index contributed by atoms with van der Waals surface area (Å²) >= 11 is 0. The molecule has 0 saturated heterocycles. The quantitative estimate of drug-likeness (QED) is 0.0254. The lowest BCUT2D eigenvalue weighted by atomic mass is 10.0. The molecule has 0 aliphatic heterocycles. The standard InChI is InChI=1S/C64H126N3O8P/c1-9-13-17-21-25-29-33-37-41-45-49-53-60(68)65(61(69)54-50-46-42-38-34-30-26-22-18-14-10-2)59(5)64(75-76(72,73)74-58-57-67(6,7)8)66(62(70)55-51-47-43-39-35-31-27-23-19-15-11-3)63(71)56-52-48-44-40-36-32-28-24-20-16-12-4/h59,64H,9-58H2,1-8H3. The molecule has 0 fully saturated rings. The number of likely N-dealkylation sites (N-methyl/N-ethyl adjacent to an activating group) is 1. The maximum absolute atomic E-state index is 14.7. The molecule has 0 aromatic heterocycles. The van der Waals surface area contributed by atoms with Gasteiger partial charge in [0.15, 0.2) is 6.23 Å². The summed E-state index contributed by atoms with van der Waals surface area (Å²) in [5, 5.41) is 0. The van der Waals surface area contributed by atoms with Crippen molar-refractivity contribution in [1.82, 2.24) is 9.80 Å². The Bertz CT molecular complexity index is 1350. The van der Waals surface area contributed by atoms with Gasteiger partial charge in [-0.05, 0) is 32.6 Å². The van der Waals surface area contributed by atoms with Crippen LogP contribution in [0.3, 0.4) is 0 Å². The largest absolute Gasteiger partial charge is 0.756 e. The molecule has 0 spiro atoms. The fourth-order valence-electron chi connectivity index (χ4n) is 10.3. The first kappa shape index (κ1) is 74.3. The SMILES string of the molecule is CCCCCCCCCCCCCC(=O)N(C(=O)CCCCCCCCCCCCC)C(C)C(OP(=O)([O-])OCC[N+](C)(C)C)N(C(=O)CCCCCCCCCCCCC)C(=O)CCCCCCCCCCCCC. The molecule has 12 heteroatoms. The third-order valence-electron chi connectivity index (χ3n) is 15.4. The fraction of sp³-hybridized carbons (Fsp3) is 0.938. The molecule has 0 aliphatic carbocycles. The van der Waals surface area contributed by atoms with Crippen molar-refractivity contribution in [3.63, 3.8) is 0 Å². The van der Waals surface area contributed by atoms with Crippen molar-refractivity contribution in [2.75, 3.05) is 34.3 Å². The minimum Gasteiger partial charge on any atom is -0.756 e. The van der Waals surface area contributed by atoms with Crippen molar-refractivity contribution < 1.29 is 42.2 Å². The molecule has 0 N–H and O–H groups in total. The van der Waals surface area contributed by atoms with Crippen molar-refractivity contribution >= 4 is 31.5 Å². The van der Waals surface area contributed by atoms with E-state index < -0.39 is 43.7 Å². The summed E-state index contributed by atoms with van der Waals surface area (Å²) in [4.78, 5) is 74.5. The highest BCUT2D eigenvalue weighted by Crippen LogP contribution is 2.42. The predicted octanol–water partition coefficient (Wildman–Crippen LogP) is 18.4. The number of carbonyl (C=O) groups is 4. The van der Waals surface area contributed by atoms with Gasteiger partial charge in [-0.25, -0.2) is 0 Å². The van der Waals surface area contributed by atoms with E-state index in [2.05, 4.69) is 27.7 Å². The van der Waals surface area contributed by atoms with Gasteiger partial charge in [-0.1, -0.05) is 285 Å². The van der Waals surface area contributed by atoms with Crippen LogP contribution in [0.5, 0.6) is 0 Å². The summed E-state index contributed by atoms with van der Waals surface area (Å²) in [6, 6.07) is -1.27. The summed E-state index contributed by atoms with van der Waals surface area (Å²) in [5.41, 5.74) is 0. The second-order valence-electron chi connectivity index (χ2n) is 24.0. The number of hydrogen-bond donors (Lipinski definition) is 0. The zero-order valence-corrected chi connectivity index (χ0v) is 52.5. The Morgan fingerprint density at radius 1 is 0.382 bits per heavy atom. The van der Waals surface area contributed by atoms with Gasteiger partial charge in [-0.15, -0.1) is 0 Å². The number of phosphoric acid groups is 1. The monoisotopic (exact) mass is 1100 g/mol. The minimum atomic E-state index is -5.19. The number of amides is 4. The van der Waals surface area contributed by atoms with E-state index in [0.29, 0.717) is 36.7 Å². The molecule has 0 saturated carbocycles. The third kappa shape index (κ3) is 44.1. The van der Waals surface area contributed by atoms with Gasteiger partial charge in [0.05, 0.1) is 27.2 Å². The second kappa shape index (κ2) is 51.5. The van der Waals surface area contributed by atoms with Crippen LogP contribution < -0.4 is 4.89 Å². The Balaban J connectivity index is 6.60. The fourth-order valence-corrected chi connectivity index (χ4v) is 11.2. The number of carbonyl (C=O) groups excluding carboxylic acids is 4. The Labute approximate surface area is 470 Å². The van der Waals surface area contributed by atoms with Gasteiger partial charge >= 0.3 is 0 Å². The van der Waals surface area contributed by atoms with Gasteiger partial charge in [0.25, 0.3) is 7.82 Å². The molecule has 0 rings (SSSR count). The number of unbranched alkanes of at least 4 members (excludes halogenated alkanes) is 40. The molecular formula is C64H126N3O8P. The van der Waals surface area contributed by atoms with Gasteiger partial charge in [-0.3, -0.25) is 38.1 Å². The van der Waals surface area contributed by atoms with Crippen molar-refractivity contribution in [2.45, 2.75) is 355 Å².